The van der Waals surface area contributed by atoms with Crippen molar-refractivity contribution in [2.75, 3.05) is 6.61 Å². The van der Waals surface area contributed by atoms with Gasteiger partial charge in [0.1, 0.15) is 10.9 Å². The highest BCUT2D eigenvalue weighted by Gasteiger charge is 2.76. The molecule has 1 aromatic rings. The summed E-state index contributed by atoms with van der Waals surface area (Å²) in [6, 6.07) is 5.87. The Kier molecular flexibility index (Phi) is 4.93. The van der Waals surface area contributed by atoms with Crippen molar-refractivity contribution < 1.29 is 13.9 Å². The molecule has 0 saturated heterocycles. The van der Waals surface area contributed by atoms with Crippen LogP contribution in [0.15, 0.2) is 24.3 Å². The van der Waals surface area contributed by atoms with Gasteiger partial charge in [-0.1, -0.05) is 26.0 Å². The van der Waals surface area contributed by atoms with Gasteiger partial charge in [0.25, 0.3) is 0 Å². The molecule has 2 rings (SSSR count). The quantitative estimate of drug-likeness (QED) is 0.791. The Labute approximate surface area is 140 Å². The molecular formula is C16H20Cl2FNO2. The van der Waals surface area contributed by atoms with E-state index < -0.39 is 15.6 Å². The van der Waals surface area contributed by atoms with E-state index in [4.69, 9.17) is 27.9 Å². The van der Waals surface area contributed by atoms with Crippen LogP contribution in [0.2, 0.25) is 0 Å². The Hall–Kier alpha value is -1.000. The number of amides is 1. The van der Waals surface area contributed by atoms with Crippen LogP contribution in [0.4, 0.5) is 4.39 Å². The first-order chi connectivity index (χ1) is 10.3. The number of benzene rings is 1. The first kappa shape index (κ1) is 17.4. The highest BCUT2D eigenvalue weighted by Crippen LogP contribution is 2.70. The van der Waals surface area contributed by atoms with E-state index in [2.05, 4.69) is 5.32 Å². The molecule has 1 aliphatic carbocycles. The summed E-state index contributed by atoms with van der Waals surface area (Å²) in [7, 11) is 0. The van der Waals surface area contributed by atoms with E-state index >= 15 is 0 Å². The lowest BCUT2D eigenvalue weighted by Gasteiger charge is -2.21. The van der Waals surface area contributed by atoms with Crippen molar-refractivity contribution in [2.45, 2.75) is 37.6 Å². The molecule has 0 unspecified atom stereocenters. The van der Waals surface area contributed by atoms with Crippen molar-refractivity contribution in [2.24, 2.45) is 11.3 Å². The predicted molar refractivity (Wildman–Crippen MR) is 85.8 cm³/mol. The number of nitrogens with one attached hydrogen (secondary N) is 1. The van der Waals surface area contributed by atoms with Gasteiger partial charge in [0.15, 0.2) is 11.6 Å². The number of carbonyl (C=O) groups excluding carboxylic acids is 1. The maximum Gasteiger partial charge on any atom is 0.229 e. The maximum absolute atomic E-state index is 13.5. The average molecular weight is 348 g/mol. The van der Waals surface area contributed by atoms with E-state index in [9.17, 15) is 9.18 Å². The van der Waals surface area contributed by atoms with Crippen LogP contribution in [0.3, 0.4) is 0 Å². The van der Waals surface area contributed by atoms with Gasteiger partial charge in [-0.3, -0.25) is 4.79 Å². The molecule has 1 amide bonds. The second kappa shape index (κ2) is 6.25. The van der Waals surface area contributed by atoms with E-state index in [1.54, 1.807) is 25.1 Å². The fraction of sp³-hybridized carbons (Fsp3) is 0.562. The molecule has 1 N–H and O–H groups in total. The van der Waals surface area contributed by atoms with Crippen LogP contribution < -0.4 is 10.1 Å². The zero-order chi connectivity index (χ0) is 16.5. The number of carbonyl (C=O) groups is 1. The summed E-state index contributed by atoms with van der Waals surface area (Å²) in [5, 5.41) is 2.85. The number of halogens is 3. The van der Waals surface area contributed by atoms with Gasteiger partial charge in [-0.25, -0.2) is 4.39 Å². The van der Waals surface area contributed by atoms with Crippen LogP contribution in [0, 0.1) is 17.2 Å². The summed E-state index contributed by atoms with van der Waals surface area (Å²) < 4.78 is 17.8. The molecule has 122 valence electrons. The lowest BCUT2D eigenvalue weighted by molar-refractivity contribution is -0.127. The topological polar surface area (TPSA) is 38.3 Å². The van der Waals surface area contributed by atoms with Crippen molar-refractivity contribution in [3.63, 3.8) is 0 Å². The molecule has 22 heavy (non-hydrogen) atoms. The molecule has 6 heteroatoms. The second-order valence-corrected chi connectivity index (χ2v) is 7.17. The smallest absolute Gasteiger partial charge is 0.229 e. The van der Waals surface area contributed by atoms with E-state index in [1.807, 2.05) is 13.8 Å². The van der Waals surface area contributed by atoms with E-state index in [-0.39, 0.29) is 30.2 Å². The monoisotopic (exact) mass is 347 g/mol. The molecular weight excluding hydrogens is 328 g/mol. The first-order valence-electron chi connectivity index (χ1n) is 7.33. The molecule has 1 aromatic carbocycles. The van der Waals surface area contributed by atoms with Crippen LogP contribution in [0.25, 0.3) is 0 Å². The average Bonchev–Trinajstić information content (AvgIpc) is 2.91. The molecule has 0 spiro atoms. The Morgan fingerprint density at radius 1 is 1.45 bits per heavy atom. The van der Waals surface area contributed by atoms with E-state index in [1.165, 1.54) is 6.07 Å². The Bertz CT molecular complexity index is 567. The van der Waals surface area contributed by atoms with Crippen molar-refractivity contribution in [3.8, 4) is 5.75 Å². The minimum Gasteiger partial charge on any atom is -0.488 e. The third kappa shape index (κ3) is 2.79. The number of ether oxygens (including phenoxy) is 1. The predicted octanol–water partition coefficient (Wildman–Crippen LogP) is 3.93. The number of hydrogen-bond acceptors (Lipinski definition) is 2. The normalized spacial score (nSPS) is 27.1. The lowest BCUT2D eigenvalue weighted by atomic mass is 9.99. The van der Waals surface area contributed by atoms with Gasteiger partial charge in [-0.2, -0.15) is 0 Å². The van der Waals surface area contributed by atoms with Crippen molar-refractivity contribution in [1.29, 1.82) is 0 Å². The molecule has 0 aromatic heterocycles. The fourth-order valence-corrected chi connectivity index (χ4v) is 3.89. The van der Waals surface area contributed by atoms with Gasteiger partial charge < -0.3 is 10.1 Å². The summed E-state index contributed by atoms with van der Waals surface area (Å²) in [5.41, 5.74) is -0.762. The minimum atomic E-state index is -1.03. The fourth-order valence-electron chi connectivity index (χ4n) is 2.86. The van der Waals surface area contributed by atoms with Gasteiger partial charge in [0, 0.05) is 5.92 Å². The molecule has 0 aliphatic heterocycles. The summed E-state index contributed by atoms with van der Waals surface area (Å²) in [5.74, 6) is -0.551. The Morgan fingerprint density at radius 3 is 2.55 bits per heavy atom. The zero-order valence-corrected chi connectivity index (χ0v) is 14.3. The van der Waals surface area contributed by atoms with Gasteiger partial charge in [0.05, 0.1) is 11.5 Å². The largest absolute Gasteiger partial charge is 0.488 e. The zero-order valence-electron chi connectivity index (χ0n) is 12.8. The Balaban J connectivity index is 1.91. The van der Waals surface area contributed by atoms with Crippen molar-refractivity contribution in [3.05, 3.63) is 30.1 Å². The van der Waals surface area contributed by atoms with Gasteiger partial charge >= 0.3 is 0 Å². The highest BCUT2D eigenvalue weighted by atomic mass is 35.5. The van der Waals surface area contributed by atoms with Gasteiger partial charge in [0.2, 0.25) is 5.91 Å². The van der Waals surface area contributed by atoms with Gasteiger partial charge in [-0.05, 0) is 25.5 Å². The minimum absolute atomic E-state index is 0.104. The second-order valence-electron chi connectivity index (χ2n) is 5.79. The summed E-state index contributed by atoms with van der Waals surface area (Å²) in [6.45, 7) is 5.71. The molecule has 1 fully saturated rings. The highest BCUT2D eigenvalue weighted by molar-refractivity contribution is 6.53. The van der Waals surface area contributed by atoms with Crippen LogP contribution in [0.5, 0.6) is 5.75 Å². The van der Waals surface area contributed by atoms with Crippen LogP contribution >= 0.6 is 23.2 Å². The third-order valence-electron chi connectivity index (χ3n) is 4.46. The maximum atomic E-state index is 13.5. The SMILES string of the molecule is CC[C@]1(C(=O)N[C@H](C)COc2ccccc2F)[C@@H](C)C1(Cl)Cl. The summed E-state index contributed by atoms with van der Waals surface area (Å²) >= 11 is 12.4. The molecule has 0 heterocycles. The van der Waals surface area contributed by atoms with Crippen molar-refractivity contribution >= 4 is 29.1 Å². The number of hydrogen-bond donors (Lipinski definition) is 1. The van der Waals surface area contributed by atoms with Crippen molar-refractivity contribution in [1.82, 2.24) is 5.32 Å². The van der Waals surface area contributed by atoms with Crippen LogP contribution in [-0.2, 0) is 4.79 Å². The lowest BCUT2D eigenvalue weighted by Crippen LogP contribution is -2.43. The Morgan fingerprint density at radius 2 is 2.05 bits per heavy atom. The molecule has 0 radical (unpaired) electrons. The number of para-hydroxylation sites is 1. The number of rotatable bonds is 6. The van der Waals surface area contributed by atoms with Gasteiger partial charge in [-0.15, -0.1) is 23.2 Å². The third-order valence-corrected chi connectivity index (χ3v) is 5.79. The molecule has 3 atom stereocenters. The number of alkyl halides is 2. The molecule has 1 aliphatic rings. The standard InChI is InChI=1S/C16H20Cl2FNO2/c1-4-15(11(3)16(15,17)18)14(21)20-10(2)9-22-13-8-6-5-7-12(13)19/h5-8,10-11H,4,9H2,1-3H3,(H,20,21)/t10-,11-,15-/m1/s1. The molecule has 0 bridgehead atoms. The van der Waals surface area contributed by atoms with Crippen LogP contribution in [0.1, 0.15) is 27.2 Å². The first-order valence-corrected chi connectivity index (χ1v) is 8.09. The summed E-state index contributed by atoms with van der Waals surface area (Å²) in [4.78, 5) is 12.5. The van der Waals surface area contributed by atoms with E-state index in [0.717, 1.165) is 0 Å². The van der Waals surface area contributed by atoms with E-state index in [0.29, 0.717) is 6.42 Å². The molecule has 1 saturated carbocycles. The molecule has 3 nitrogen and oxygen atoms in total. The van der Waals surface area contributed by atoms with Crippen LogP contribution in [-0.4, -0.2) is 22.9 Å². The summed E-state index contributed by atoms with van der Waals surface area (Å²) in [6.07, 6.45) is 0.563.